The normalized spacial score (nSPS) is 44.3. The van der Waals surface area contributed by atoms with E-state index in [0.29, 0.717) is 57.8 Å². The molecule has 0 saturated carbocycles. The Morgan fingerprint density at radius 2 is 1.64 bits per heavy atom. The number of aliphatic hydroxyl groups is 2. The molecule has 2 unspecified atom stereocenters. The molecule has 5 aliphatic rings. The molecule has 0 aliphatic carbocycles. The predicted octanol–water partition coefficient (Wildman–Crippen LogP) is 6.08. The molecule has 13 heteroatoms. The van der Waals surface area contributed by atoms with Crippen LogP contribution in [-0.2, 0) is 33.3 Å². The van der Waals surface area contributed by atoms with Crippen molar-refractivity contribution < 1.29 is 53.9 Å². The fraction of sp³-hybridized carbons (Fsp3) is 0.881. The van der Waals surface area contributed by atoms with Crippen LogP contribution in [0.1, 0.15) is 133 Å². The summed E-state index contributed by atoms with van der Waals surface area (Å²) in [6, 6.07) is 0. The number of aliphatic hydroxyl groups excluding tert-OH is 1. The fourth-order valence-corrected chi connectivity index (χ4v) is 10.6. The van der Waals surface area contributed by atoms with Gasteiger partial charge < -0.3 is 39.1 Å². The summed E-state index contributed by atoms with van der Waals surface area (Å²) in [4.78, 5) is 26.9. The molecule has 4 fully saturated rings. The molecule has 0 bridgehead atoms. The number of carbonyl (C=O) groups is 2. The van der Waals surface area contributed by atoms with E-state index >= 15 is 0 Å². The average Bonchev–Trinajstić information content (AvgIpc) is 3.51. The summed E-state index contributed by atoms with van der Waals surface area (Å²) in [7, 11) is 0. The summed E-state index contributed by atoms with van der Waals surface area (Å²) < 4.78 is 33.7. The highest BCUT2D eigenvalue weighted by Crippen LogP contribution is 2.53. The lowest BCUT2D eigenvalue weighted by atomic mass is 9.72. The molecular weight excluding hydrogens is 708 g/mol. The summed E-state index contributed by atoms with van der Waals surface area (Å²) in [6.45, 7) is 19.6. The quantitative estimate of drug-likeness (QED) is 0.0879. The van der Waals surface area contributed by atoms with E-state index in [1.807, 2.05) is 41.5 Å². The minimum atomic E-state index is -1.42. The van der Waals surface area contributed by atoms with E-state index in [-0.39, 0.29) is 47.6 Å². The number of nitrogens with zero attached hydrogens (tertiary/aromatic N) is 1. The van der Waals surface area contributed by atoms with Crippen LogP contribution in [0, 0.1) is 41.4 Å². The minimum Gasteiger partial charge on any atom is -0.410 e. The monoisotopic (exact) mass is 778 g/mol. The Kier molecular flexibility index (Phi) is 13.7. The molecule has 17 atom stereocenters. The van der Waals surface area contributed by atoms with Crippen molar-refractivity contribution in [1.82, 2.24) is 5.48 Å². The fourth-order valence-electron chi connectivity index (χ4n) is 10.6. The number of hydrogen-bond acceptors (Lipinski definition) is 12. The maximum Gasteiger partial charge on any atom is 0.249 e. The second kappa shape index (κ2) is 17.1. The lowest BCUT2D eigenvalue weighted by Gasteiger charge is -2.53. The number of hydrogen-bond donors (Lipinski definition) is 5. The van der Waals surface area contributed by atoms with Crippen LogP contribution in [0.15, 0.2) is 17.3 Å². The Hall–Kier alpha value is -1.97. The van der Waals surface area contributed by atoms with Crippen LogP contribution in [0.4, 0.5) is 0 Å². The van der Waals surface area contributed by atoms with Crippen molar-refractivity contribution in [3.05, 3.63) is 12.2 Å². The Morgan fingerprint density at radius 3 is 2.24 bits per heavy atom. The topological polar surface area (TPSA) is 186 Å². The molecule has 0 aromatic rings. The minimum absolute atomic E-state index is 0.00698. The molecule has 0 radical (unpaired) electrons. The van der Waals surface area contributed by atoms with Crippen molar-refractivity contribution in [1.29, 1.82) is 0 Å². The molecule has 0 aromatic heterocycles. The van der Waals surface area contributed by atoms with Crippen LogP contribution in [0.2, 0.25) is 0 Å². The van der Waals surface area contributed by atoms with Crippen molar-refractivity contribution in [3.63, 3.8) is 0 Å². The largest absolute Gasteiger partial charge is 0.410 e. The first-order valence-corrected chi connectivity index (χ1v) is 21.1. The zero-order chi connectivity index (χ0) is 40.7. The number of hydroxylamine groups is 1. The van der Waals surface area contributed by atoms with Crippen molar-refractivity contribution in [2.75, 3.05) is 0 Å². The SMILES string of the molecule is CCC(C(=O)NO)[C@H]1CC[C@H](C)C([C@@H](C)[C@H](O)[C@H](C)C(=O)[C@H](CC)[C@H]2O[C@]3(C=C/C(=N\O)[C@]4(CC[C@@](C)([C@H]5CC[C@](O)(CC)[C@H](C)O5)O4)O3)[C@H](C)C[C@@H]2C)O1. The van der Waals surface area contributed by atoms with Crippen LogP contribution in [0.3, 0.4) is 0 Å². The molecule has 4 saturated heterocycles. The molecule has 2 spiro atoms. The summed E-state index contributed by atoms with van der Waals surface area (Å²) in [5.74, 6) is -5.51. The first kappa shape index (κ1) is 44.1. The molecule has 55 heavy (non-hydrogen) atoms. The Balaban J connectivity index is 1.33. The smallest absolute Gasteiger partial charge is 0.249 e. The molecule has 5 heterocycles. The van der Waals surface area contributed by atoms with Crippen molar-refractivity contribution in [2.24, 2.45) is 46.6 Å². The Labute approximate surface area is 327 Å². The molecule has 314 valence electrons. The van der Waals surface area contributed by atoms with Gasteiger partial charge in [0.1, 0.15) is 11.5 Å². The maximum absolute atomic E-state index is 14.5. The van der Waals surface area contributed by atoms with Crippen LogP contribution < -0.4 is 5.48 Å². The van der Waals surface area contributed by atoms with Gasteiger partial charge >= 0.3 is 0 Å². The molecule has 1 amide bonds. The number of ketones is 1. The molecule has 5 N–H and O–H groups in total. The lowest BCUT2D eigenvalue weighted by Crippen LogP contribution is -2.62. The highest BCUT2D eigenvalue weighted by molar-refractivity contribution is 6.01. The van der Waals surface area contributed by atoms with Gasteiger partial charge in [-0.15, -0.1) is 0 Å². The zero-order valence-corrected chi connectivity index (χ0v) is 34.8. The van der Waals surface area contributed by atoms with Crippen LogP contribution >= 0.6 is 0 Å². The zero-order valence-electron chi connectivity index (χ0n) is 34.8. The first-order chi connectivity index (χ1) is 25.9. The van der Waals surface area contributed by atoms with Crippen LogP contribution in [-0.4, -0.2) is 97.4 Å². The number of rotatable bonds is 12. The van der Waals surface area contributed by atoms with Crippen molar-refractivity contribution in [2.45, 2.75) is 193 Å². The van der Waals surface area contributed by atoms with E-state index in [4.69, 9.17) is 23.7 Å². The predicted molar refractivity (Wildman–Crippen MR) is 204 cm³/mol. The van der Waals surface area contributed by atoms with E-state index in [2.05, 4.69) is 25.9 Å². The number of oxime groups is 1. The maximum atomic E-state index is 14.5. The summed E-state index contributed by atoms with van der Waals surface area (Å²) in [5.41, 5.74) is 0.322. The summed E-state index contributed by atoms with van der Waals surface area (Å²) >= 11 is 0. The second-order valence-electron chi connectivity index (χ2n) is 18.0. The molecule has 0 aromatic carbocycles. The number of nitrogens with one attached hydrogen (secondary N) is 1. The van der Waals surface area contributed by atoms with E-state index in [0.717, 1.165) is 6.42 Å². The number of carbonyl (C=O) groups excluding carboxylic acids is 2. The summed E-state index contributed by atoms with van der Waals surface area (Å²) in [5, 5.41) is 46.0. The third-order valence-corrected chi connectivity index (χ3v) is 14.6. The van der Waals surface area contributed by atoms with Gasteiger partial charge in [-0.05, 0) is 95.6 Å². The van der Waals surface area contributed by atoms with Crippen LogP contribution in [0.5, 0.6) is 0 Å². The average molecular weight is 779 g/mol. The standard InChI is InChI=1S/C42H70N2O11/c1-11-29(38(47)44-50)31-15-14-23(4)36(52-31)27(8)34(45)26(7)35(46)30(12-2)37-24(5)22-25(6)41(53-37)19-16-32(43-49)42(55-41)21-20-39(10,54-42)33-17-18-40(48,13-3)28(9)51-33/h16,19,23-31,33-34,36-37,45,48-50H,11-15,17-18,20-22H2,1-10H3,(H,44,47)/b43-32+/t23-,24-,25+,26-,27-,28-,29?,30-,31+,33+,34+,36?,37-,39-,40+,41-,42-/m0/s1. The van der Waals surface area contributed by atoms with Gasteiger partial charge in [-0.25, -0.2) is 5.48 Å². The molecule has 5 rings (SSSR count). The van der Waals surface area contributed by atoms with Gasteiger partial charge in [0.15, 0.2) is 5.79 Å². The highest BCUT2D eigenvalue weighted by atomic mass is 16.8. The third-order valence-electron chi connectivity index (χ3n) is 14.6. The Bertz CT molecular complexity index is 1430. The molecule has 5 aliphatic heterocycles. The second-order valence-corrected chi connectivity index (χ2v) is 18.0. The van der Waals surface area contributed by atoms with Gasteiger partial charge in [-0.2, -0.15) is 0 Å². The van der Waals surface area contributed by atoms with E-state index in [9.17, 15) is 30.2 Å². The van der Waals surface area contributed by atoms with Crippen molar-refractivity contribution in [3.8, 4) is 0 Å². The number of ether oxygens (including phenoxy) is 5. The first-order valence-electron chi connectivity index (χ1n) is 21.1. The van der Waals surface area contributed by atoms with Gasteiger partial charge in [-0.3, -0.25) is 14.8 Å². The van der Waals surface area contributed by atoms with Crippen LogP contribution in [0.25, 0.3) is 0 Å². The lowest BCUT2D eigenvalue weighted by molar-refractivity contribution is -0.371. The summed E-state index contributed by atoms with van der Waals surface area (Å²) in [6.07, 6.45) is 6.37. The van der Waals surface area contributed by atoms with E-state index < -0.39 is 70.7 Å². The van der Waals surface area contributed by atoms with Gasteiger partial charge in [0.25, 0.3) is 0 Å². The Morgan fingerprint density at radius 1 is 0.945 bits per heavy atom. The van der Waals surface area contributed by atoms with Crippen molar-refractivity contribution >= 4 is 17.4 Å². The van der Waals surface area contributed by atoms with Gasteiger partial charge in [0.2, 0.25) is 11.7 Å². The van der Waals surface area contributed by atoms with E-state index in [1.54, 1.807) is 24.6 Å². The van der Waals surface area contributed by atoms with Gasteiger partial charge in [-0.1, -0.05) is 60.5 Å². The van der Waals surface area contributed by atoms with E-state index in [1.165, 1.54) is 0 Å². The third kappa shape index (κ3) is 8.20. The molecular formula is C42H70N2O11. The van der Waals surface area contributed by atoms with Gasteiger partial charge in [0.05, 0.1) is 53.7 Å². The van der Waals surface area contributed by atoms with Gasteiger partial charge in [0, 0.05) is 30.1 Å². The number of amides is 1. The number of Topliss-reactive ketones (excluding diaryl/α,β-unsaturated/α-hetero) is 1. The highest BCUT2D eigenvalue weighted by Gasteiger charge is 2.63. The molecule has 13 nitrogen and oxygen atoms in total.